The van der Waals surface area contributed by atoms with Crippen molar-refractivity contribution in [3.05, 3.63) is 76.3 Å². The van der Waals surface area contributed by atoms with E-state index in [4.69, 9.17) is 4.98 Å². The number of amides is 1. The quantitative estimate of drug-likeness (QED) is 0.425. The summed E-state index contributed by atoms with van der Waals surface area (Å²) in [7, 11) is 0. The van der Waals surface area contributed by atoms with Crippen LogP contribution >= 0.6 is 0 Å². The topological polar surface area (TPSA) is 81.2 Å². The van der Waals surface area contributed by atoms with Gasteiger partial charge in [-0.2, -0.15) is 5.10 Å². The van der Waals surface area contributed by atoms with Gasteiger partial charge < -0.3 is 9.47 Å². The van der Waals surface area contributed by atoms with Crippen molar-refractivity contribution in [2.24, 2.45) is 5.92 Å². The smallest absolute Gasteiger partial charge is 0.259 e. The lowest BCUT2D eigenvalue weighted by Gasteiger charge is -2.31. The van der Waals surface area contributed by atoms with Gasteiger partial charge in [0.15, 0.2) is 5.65 Å². The van der Waals surface area contributed by atoms with Crippen molar-refractivity contribution in [2.45, 2.75) is 59.9 Å². The number of carbonyl (C=O) groups is 1. The third-order valence-corrected chi connectivity index (χ3v) is 7.48. The van der Waals surface area contributed by atoms with Crippen LogP contribution in [0.25, 0.3) is 5.65 Å². The predicted molar refractivity (Wildman–Crippen MR) is 134 cm³/mol. The van der Waals surface area contributed by atoms with E-state index in [1.54, 1.807) is 12.5 Å². The molecule has 3 aromatic heterocycles. The first-order valence-electron chi connectivity index (χ1n) is 12.5. The van der Waals surface area contributed by atoms with Crippen LogP contribution in [0.15, 0.2) is 36.8 Å². The van der Waals surface area contributed by atoms with Crippen molar-refractivity contribution in [2.75, 3.05) is 13.1 Å². The molecule has 0 N–H and O–H groups in total. The molecular weight excluding hydrogens is 438 g/mol. The number of carbonyl (C=O) groups excluding carboxylic acids is 1. The molecule has 1 aliphatic heterocycles. The highest BCUT2D eigenvalue weighted by atomic mass is 16.2. The molecule has 182 valence electrons. The first-order valence-corrected chi connectivity index (χ1v) is 12.5. The predicted octanol–water partition coefficient (Wildman–Crippen LogP) is 3.95. The van der Waals surface area contributed by atoms with Gasteiger partial charge in [0.25, 0.3) is 5.91 Å². The average molecular weight is 472 g/mol. The van der Waals surface area contributed by atoms with Crippen LogP contribution in [0.5, 0.6) is 0 Å². The van der Waals surface area contributed by atoms with Gasteiger partial charge in [0.2, 0.25) is 0 Å². The number of hydrogen-bond donors (Lipinski definition) is 0. The van der Waals surface area contributed by atoms with Crippen molar-refractivity contribution in [1.29, 1.82) is 0 Å². The maximum absolute atomic E-state index is 13.4. The number of benzene rings is 1. The highest BCUT2D eigenvalue weighted by Gasteiger charge is 2.28. The zero-order valence-corrected chi connectivity index (χ0v) is 21.0. The second kappa shape index (κ2) is 9.60. The molecule has 8 nitrogen and oxygen atoms in total. The maximum atomic E-state index is 13.4. The fourth-order valence-electron chi connectivity index (χ4n) is 5.19. The van der Waals surface area contributed by atoms with Gasteiger partial charge >= 0.3 is 0 Å². The van der Waals surface area contributed by atoms with E-state index in [-0.39, 0.29) is 5.91 Å². The second-order valence-corrected chi connectivity index (χ2v) is 9.63. The molecule has 1 aromatic carbocycles. The number of aryl methyl sites for hydroxylation is 4. The molecule has 1 fully saturated rings. The Morgan fingerprint density at radius 1 is 1.11 bits per heavy atom. The average Bonchev–Trinajstić information content (AvgIpc) is 3.49. The summed E-state index contributed by atoms with van der Waals surface area (Å²) in [5.41, 5.74) is 6.93. The van der Waals surface area contributed by atoms with Crippen LogP contribution in [-0.2, 0) is 19.4 Å². The van der Waals surface area contributed by atoms with Crippen LogP contribution < -0.4 is 0 Å². The molecule has 4 heterocycles. The van der Waals surface area contributed by atoms with Gasteiger partial charge in [-0.05, 0) is 63.1 Å². The minimum Gasteiger partial charge on any atom is -0.338 e. The highest BCUT2D eigenvalue weighted by molar-refractivity contribution is 5.99. The number of rotatable bonds is 6. The molecule has 0 aliphatic carbocycles. The SMILES string of the molecule is CCn1cnnc1CC1CCN(C(=O)c2cnn3c(C)c(Cc4ccccc4C)c(C)nc23)CC1. The summed E-state index contributed by atoms with van der Waals surface area (Å²) in [6.45, 7) is 10.7. The number of piperidine rings is 1. The van der Waals surface area contributed by atoms with Crippen molar-refractivity contribution >= 4 is 11.6 Å². The van der Waals surface area contributed by atoms with Crippen LogP contribution in [0.4, 0.5) is 0 Å². The van der Waals surface area contributed by atoms with Gasteiger partial charge in [-0.1, -0.05) is 24.3 Å². The van der Waals surface area contributed by atoms with E-state index in [0.29, 0.717) is 17.1 Å². The minimum absolute atomic E-state index is 0.0214. The van der Waals surface area contributed by atoms with Crippen molar-refractivity contribution in [3.8, 4) is 0 Å². The van der Waals surface area contributed by atoms with Crippen molar-refractivity contribution in [3.63, 3.8) is 0 Å². The van der Waals surface area contributed by atoms with E-state index >= 15 is 0 Å². The molecule has 5 rings (SSSR count). The van der Waals surface area contributed by atoms with Gasteiger partial charge in [0, 0.05) is 43.9 Å². The third kappa shape index (κ3) is 4.45. The normalized spacial score (nSPS) is 14.7. The molecule has 0 atom stereocenters. The summed E-state index contributed by atoms with van der Waals surface area (Å²) in [5.74, 6) is 1.58. The lowest BCUT2D eigenvalue weighted by molar-refractivity contribution is 0.0691. The van der Waals surface area contributed by atoms with E-state index in [1.807, 2.05) is 16.3 Å². The van der Waals surface area contributed by atoms with Crippen molar-refractivity contribution in [1.82, 2.24) is 34.3 Å². The Labute approximate surface area is 206 Å². The molecule has 8 heteroatoms. The second-order valence-electron chi connectivity index (χ2n) is 9.63. The first-order chi connectivity index (χ1) is 17.0. The summed E-state index contributed by atoms with van der Waals surface area (Å²) in [4.78, 5) is 20.3. The van der Waals surface area contributed by atoms with E-state index in [1.165, 1.54) is 11.1 Å². The molecule has 0 bridgehead atoms. The molecule has 0 saturated carbocycles. The van der Waals surface area contributed by atoms with Gasteiger partial charge in [-0.25, -0.2) is 9.50 Å². The van der Waals surface area contributed by atoms with Crippen molar-refractivity contribution < 1.29 is 4.79 Å². The van der Waals surface area contributed by atoms with Crippen LogP contribution in [-0.4, -0.2) is 53.3 Å². The van der Waals surface area contributed by atoms with E-state index in [9.17, 15) is 4.79 Å². The zero-order valence-electron chi connectivity index (χ0n) is 21.0. The fourth-order valence-corrected chi connectivity index (χ4v) is 5.19. The Hall–Kier alpha value is -3.55. The Kier molecular flexibility index (Phi) is 6.36. The Morgan fingerprint density at radius 3 is 2.63 bits per heavy atom. The molecule has 0 radical (unpaired) electrons. The van der Waals surface area contributed by atoms with Crippen LogP contribution in [0.3, 0.4) is 0 Å². The molecule has 1 aliphatic rings. The molecule has 0 unspecified atom stereocenters. The number of nitrogens with zero attached hydrogens (tertiary/aromatic N) is 7. The molecular formula is C27H33N7O. The lowest BCUT2D eigenvalue weighted by Crippen LogP contribution is -2.39. The van der Waals surface area contributed by atoms with Gasteiger partial charge in [0.1, 0.15) is 17.7 Å². The minimum atomic E-state index is 0.0214. The fraction of sp³-hybridized carbons (Fsp3) is 0.444. The van der Waals surface area contributed by atoms with Crippen LogP contribution in [0, 0.1) is 26.7 Å². The van der Waals surface area contributed by atoms with E-state index < -0.39 is 0 Å². The molecule has 0 spiro atoms. The summed E-state index contributed by atoms with van der Waals surface area (Å²) < 4.78 is 3.93. The summed E-state index contributed by atoms with van der Waals surface area (Å²) >= 11 is 0. The first kappa shape index (κ1) is 23.2. The highest BCUT2D eigenvalue weighted by Crippen LogP contribution is 2.25. The monoisotopic (exact) mass is 471 g/mol. The number of hydrogen-bond acceptors (Lipinski definition) is 5. The maximum Gasteiger partial charge on any atom is 0.259 e. The Morgan fingerprint density at radius 2 is 1.89 bits per heavy atom. The van der Waals surface area contributed by atoms with Crippen LogP contribution in [0.2, 0.25) is 0 Å². The van der Waals surface area contributed by atoms with Crippen LogP contribution in [0.1, 0.15) is 64.0 Å². The number of likely N-dealkylation sites (tertiary alicyclic amines) is 1. The van der Waals surface area contributed by atoms with E-state index in [2.05, 4.69) is 64.9 Å². The Balaban J connectivity index is 1.32. The van der Waals surface area contributed by atoms with E-state index in [0.717, 1.165) is 68.1 Å². The summed E-state index contributed by atoms with van der Waals surface area (Å²) in [5, 5.41) is 12.9. The van der Waals surface area contributed by atoms with Gasteiger partial charge in [0.05, 0.1) is 6.20 Å². The number of aromatic nitrogens is 6. The largest absolute Gasteiger partial charge is 0.338 e. The molecule has 1 amide bonds. The molecule has 4 aromatic rings. The summed E-state index contributed by atoms with van der Waals surface area (Å²) in [6.07, 6.45) is 7.13. The lowest BCUT2D eigenvalue weighted by atomic mass is 9.93. The van der Waals surface area contributed by atoms with Gasteiger partial charge in [-0.3, -0.25) is 4.79 Å². The third-order valence-electron chi connectivity index (χ3n) is 7.48. The molecule has 1 saturated heterocycles. The Bertz CT molecular complexity index is 1360. The molecule has 35 heavy (non-hydrogen) atoms. The number of fused-ring (bicyclic) bond motifs is 1. The van der Waals surface area contributed by atoms with Gasteiger partial charge in [-0.15, -0.1) is 10.2 Å². The summed E-state index contributed by atoms with van der Waals surface area (Å²) in [6, 6.07) is 8.42. The standard InChI is InChI=1S/C27H33N7O/c1-5-32-17-28-31-25(32)14-21-10-12-33(13-11-21)27(35)24-16-29-34-20(4)23(19(3)30-26(24)34)15-22-9-7-6-8-18(22)2/h6-9,16-17,21H,5,10-15H2,1-4H3. The zero-order chi connectivity index (χ0) is 24.5.